The lowest BCUT2D eigenvalue weighted by Crippen LogP contribution is -2.46. The summed E-state index contributed by atoms with van der Waals surface area (Å²) < 4.78 is 30.2. The molecule has 0 spiro atoms. The Bertz CT molecular complexity index is 1250. The maximum absolute atomic E-state index is 12.8. The van der Waals surface area contributed by atoms with Crippen molar-refractivity contribution in [1.82, 2.24) is 25.2 Å². The number of nitrogens with one attached hydrogen (secondary N) is 4. The number of rotatable bonds is 8. The summed E-state index contributed by atoms with van der Waals surface area (Å²) in [5, 5.41) is 15.0. The van der Waals surface area contributed by atoms with Crippen LogP contribution in [0, 0.1) is 11.3 Å². The minimum atomic E-state index is -2.98. The van der Waals surface area contributed by atoms with Gasteiger partial charge in [0.2, 0.25) is 0 Å². The lowest BCUT2D eigenvalue weighted by Gasteiger charge is -2.36. The van der Waals surface area contributed by atoms with Crippen LogP contribution in [0.3, 0.4) is 0 Å². The van der Waals surface area contributed by atoms with Gasteiger partial charge < -0.3 is 25.3 Å². The molecule has 4 N–H and O–H groups in total. The van der Waals surface area contributed by atoms with E-state index in [2.05, 4.69) is 35.2 Å². The number of ether oxygens (including phenoxy) is 1. The van der Waals surface area contributed by atoms with E-state index in [0.717, 1.165) is 13.1 Å². The highest BCUT2D eigenvalue weighted by Crippen LogP contribution is 2.27. The Kier molecular flexibility index (Phi) is 6.70. The number of carbonyl (C=O) groups is 1. The normalized spacial score (nSPS) is 14.7. The number of likely N-dealkylation sites (tertiary alicyclic amines) is 1. The second-order valence-electron chi connectivity index (χ2n) is 9.79. The van der Waals surface area contributed by atoms with Gasteiger partial charge in [0.1, 0.15) is 17.0 Å². The summed E-state index contributed by atoms with van der Waals surface area (Å²) >= 11 is 0. The van der Waals surface area contributed by atoms with Crippen molar-refractivity contribution in [3.05, 3.63) is 47.4 Å². The number of aromatic nitrogens is 3. The van der Waals surface area contributed by atoms with Crippen molar-refractivity contribution < 1.29 is 18.3 Å². The molecule has 35 heavy (non-hydrogen) atoms. The first-order chi connectivity index (χ1) is 16.5. The predicted octanol–water partition coefficient (Wildman–Crippen LogP) is 3.48. The molecule has 1 aliphatic rings. The highest BCUT2D eigenvalue weighted by Gasteiger charge is 2.24. The summed E-state index contributed by atoms with van der Waals surface area (Å²) in [6.07, 6.45) is 2.94. The largest absolute Gasteiger partial charge is 0.435 e. The number of hydrogen-bond acceptors (Lipinski definition) is 7. The molecule has 1 aliphatic heterocycles. The Morgan fingerprint density at radius 1 is 1.31 bits per heavy atom. The average Bonchev–Trinajstić information content (AvgIpc) is 3.18. The van der Waals surface area contributed by atoms with Crippen molar-refractivity contribution in [2.75, 3.05) is 32.0 Å². The number of benzene rings is 1. The van der Waals surface area contributed by atoms with Gasteiger partial charge in [-0.25, -0.2) is 9.97 Å². The monoisotopic (exact) mass is 485 g/mol. The first-order valence-electron chi connectivity index (χ1n) is 11.3. The second-order valence-corrected chi connectivity index (χ2v) is 9.79. The molecule has 0 radical (unpaired) electrons. The minimum Gasteiger partial charge on any atom is -0.435 e. The first-order valence-corrected chi connectivity index (χ1v) is 11.3. The smallest absolute Gasteiger partial charge is 0.387 e. The second kappa shape index (κ2) is 9.57. The van der Waals surface area contributed by atoms with Crippen LogP contribution in [0.5, 0.6) is 5.75 Å². The number of halogens is 2. The van der Waals surface area contributed by atoms with Gasteiger partial charge in [-0.15, -0.1) is 0 Å². The number of anilines is 1. The lowest BCUT2D eigenvalue weighted by atomic mass is 10.00. The van der Waals surface area contributed by atoms with Crippen molar-refractivity contribution in [2.24, 2.45) is 5.92 Å². The van der Waals surface area contributed by atoms with E-state index in [1.165, 1.54) is 24.5 Å². The summed E-state index contributed by atoms with van der Waals surface area (Å²) in [6.45, 7) is 5.23. The van der Waals surface area contributed by atoms with E-state index in [1.807, 2.05) is 27.8 Å². The topological polar surface area (TPSA) is 119 Å². The molecule has 1 amide bonds. The van der Waals surface area contributed by atoms with Gasteiger partial charge in [-0.05, 0) is 46.0 Å². The number of H-pyrrole nitrogens is 1. The summed E-state index contributed by atoms with van der Waals surface area (Å²) in [5.41, 5.74) is 1.70. The van der Waals surface area contributed by atoms with Gasteiger partial charge in [0.05, 0.1) is 17.5 Å². The van der Waals surface area contributed by atoms with Crippen LogP contribution in [0.25, 0.3) is 11.2 Å². The Morgan fingerprint density at radius 3 is 2.71 bits per heavy atom. The fourth-order valence-electron chi connectivity index (χ4n) is 4.00. The van der Waals surface area contributed by atoms with Crippen molar-refractivity contribution in [3.8, 4) is 5.75 Å². The molecule has 1 saturated heterocycles. The molecular formula is C24H29F2N7O2. The van der Waals surface area contributed by atoms with Crippen molar-refractivity contribution in [2.45, 2.75) is 32.9 Å². The summed E-state index contributed by atoms with van der Waals surface area (Å²) in [7, 11) is 2.04. The third-order valence-electron chi connectivity index (χ3n) is 5.58. The molecule has 0 saturated carbocycles. The van der Waals surface area contributed by atoms with E-state index < -0.39 is 12.2 Å². The minimum absolute atomic E-state index is 0.0317. The van der Waals surface area contributed by atoms with E-state index in [0.29, 0.717) is 40.4 Å². The van der Waals surface area contributed by atoms with E-state index in [1.54, 1.807) is 6.07 Å². The zero-order valence-electron chi connectivity index (χ0n) is 20.1. The first kappa shape index (κ1) is 24.5. The van der Waals surface area contributed by atoms with Crippen LogP contribution in [-0.2, 0) is 0 Å². The molecule has 4 rings (SSSR count). The Labute approximate surface area is 201 Å². The SMILES string of the molecule is CN1CC(CNc2ccc(OC(F)F)cc2C(=N)c2cnc3[nH]cc(C(=O)NC(C)(C)C)c3n2)C1. The standard InChI is InChI=1S/C24H29F2N7O2/c1-24(2,3)32-22(34)16-9-29-21-20(16)31-18(10-30-21)19(27)15-7-14(35-23(25)26)5-6-17(15)28-8-13-11-33(4)12-13/h5-7,9-10,13,23,27-28H,8,11-12H2,1-4H3,(H,29,30)(H,32,34). The number of hydrogen-bond donors (Lipinski definition) is 4. The molecule has 11 heteroatoms. The van der Waals surface area contributed by atoms with E-state index in [9.17, 15) is 13.6 Å². The number of fused-ring (bicyclic) bond motifs is 1. The van der Waals surface area contributed by atoms with Gasteiger partial charge in [-0.2, -0.15) is 8.78 Å². The molecule has 1 aromatic carbocycles. The summed E-state index contributed by atoms with van der Waals surface area (Å²) in [5.74, 6) is 0.0791. The van der Waals surface area contributed by atoms with Crippen molar-refractivity contribution >= 4 is 28.5 Å². The molecule has 3 heterocycles. The molecule has 1 fully saturated rings. The third kappa shape index (κ3) is 5.73. The Balaban J connectivity index is 1.66. The number of carbonyl (C=O) groups excluding carboxylic acids is 1. The maximum atomic E-state index is 12.8. The highest BCUT2D eigenvalue weighted by atomic mass is 19.3. The number of amides is 1. The fraction of sp³-hybridized carbons (Fsp3) is 0.417. The molecule has 186 valence electrons. The van der Waals surface area contributed by atoms with E-state index in [-0.39, 0.29) is 23.1 Å². The Morgan fingerprint density at radius 2 is 2.06 bits per heavy atom. The average molecular weight is 486 g/mol. The van der Waals surface area contributed by atoms with Crippen LogP contribution in [0.2, 0.25) is 0 Å². The highest BCUT2D eigenvalue weighted by molar-refractivity contribution is 6.14. The van der Waals surface area contributed by atoms with Gasteiger partial charge in [-0.3, -0.25) is 10.2 Å². The van der Waals surface area contributed by atoms with Crippen molar-refractivity contribution in [1.29, 1.82) is 5.41 Å². The molecule has 2 aromatic heterocycles. The molecule has 0 bridgehead atoms. The van der Waals surface area contributed by atoms with Crippen LogP contribution in [0.4, 0.5) is 14.5 Å². The quantitative estimate of drug-likeness (QED) is 0.363. The Hall–Kier alpha value is -3.60. The number of aromatic amines is 1. The van der Waals surface area contributed by atoms with Crippen LogP contribution >= 0.6 is 0 Å². The molecule has 0 aliphatic carbocycles. The van der Waals surface area contributed by atoms with Gasteiger partial charge in [0.25, 0.3) is 5.91 Å². The van der Waals surface area contributed by atoms with Crippen LogP contribution in [-0.4, -0.2) is 70.3 Å². The number of nitrogens with zero attached hydrogens (tertiary/aromatic N) is 3. The van der Waals surface area contributed by atoms with Crippen LogP contribution in [0.1, 0.15) is 42.4 Å². The van der Waals surface area contributed by atoms with Crippen molar-refractivity contribution in [3.63, 3.8) is 0 Å². The zero-order valence-corrected chi connectivity index (χ0v) is 20.1. The van der Waals surface area contributed by atoms with Gasteiger partial charge >= 0.3 is 6.61 Å². The zero-order chi connectivity index (χ0) is 25.3. The number of alkyl halides is 2. The summed E-state index contributed by atoms with van der Waals surface area (Å²) in [4.78, 5) is 26.7. The third-order valence-corrected chi connectivity index (χ3v) is 5.58. The predicted molar refractivity (Wildman–Crippen MR) is 130 cm³/mol. The summed E-state index contributed by atoms with van der Waals surface area (Å²) in [6, 6.07) is 4.45. The van der Waals surface area contributed by atoms with Gasteiger partial charge in [0.15, 0.2) is 5.65 Å². The van der Waals surface area contributed by atoms with E-state index >= 15 is 0 Å². The molecular weight excluding hydrogens is 456 g/mol. The fourth-order valence-corrected chi connectivity index (χ4v) is 4.00. The molecule has 0 atom stereocenters. The molecule has 3 aromatic rings. The molecule has 9 nitrogen and oxygen atoms in total. The van der Waals surface area contributed by atoms with Gasteiger partial charge in [-0.1, -0.05) is 0 Å². The lowest BCUT2D eigenvalue weighted by molar-refractivity contribution is -0.0498. The van der Waals surface area contributed by atoms with Gasteiger partial charge in [0, 0.05) is 48.5 Å². The maximum Gasteiger partial charge on any atom is 0.387 e. The van der Waals surface area contributed by atoms with Crippen LogP contribution < -0.4 is 15.4 Å². The van der Waals surface area contributed by atoms with Crippen LogP contribution in [0.15, 0.2) is 30.6 Å². The molecule has 0 unspecified atom stereocenters. The van der Waals surface area contributed by atoms with E-state index in [4.69, 9.17) is 5.41 Å².